The fourth-order valence-electron chi connectivity index (χ4n) is 2.55. The molecule has 0 fully saturated rings. The summed E-state index contributed by atoms with van der Waals surface area (Å²) in [5.41, 5.74) is 1.80. The molecule has 0 saturated heterocycles. The lowest BCUT2D eigenvalue weighted by atomic mass is 10.1. The Labute approximate surface area is 180 Å². The summed E-state index contributed by atoms with van der Waals surface area (Å²) >= 11 is 3.41. The van der Waals surface area contributed by atoms with Crippen LogP contribution in [0.1, 0.15) is 42.3 Å². The second-order valence-electron chi connectivity index (χ2n) is 7.49. The molecule has 29 heavy (non-hydrogen) atoms. The molecule has 0 aliphatic heterocycles. The molecule has 0 aromatic heterocycles. The van der Waals surface area contributed by atoms with Gasteiger partial charge in [0.2, 0.25) is 0 Å². The topological polar surface area (TPSA) is 64.6 Å². The molecule has 0 bridgehead atoms. The molecule has 1 amide bonds. The lowest BCUT2D eigenvalue weighted by Crippen LogP contribution is -2.25. The third-order valence-electron chi connectivity index (χ3n) is 3.86. The number of carbonyl (C=O) groups excluding carboxylic acids is 2. The maximum Gasteiger partial charge on any atom is 0.331 e. The number of nitrogens with one attached hydrogen (secondary N) is 1. The highest BCUT2D eigenvalue weighted by Gasteiger charge is 2.14. The molecular formula is C23H26BrNO4. The molecule has 154 valence electrons. The third-order valence-corrected chi connectivity index (χ3v) is 4.32. The predicted molar refractivity (Wildman–Crippen MR) is 118 cm³/mol. The van der Waals surface area contributed by atoms with Gasteiger partial charge in [-0.05, 0) is 74.7 Å². The van der Waals surface area contributed by atoms with Gasteiger partial charge in [0, 0.05) is 22.7 Å². The Morgan fingerprint density at radius 3 is 2.41 bits per heavy atom. The van der Waals surface area contributed by atoms with Gasteiger partial charge < -0.3 is 14.8 Å². The van der Waals surface area contributed by atoms with Crippen molar-refractivity contribution in [1.82, 2.24) is 5.32 Å². The van der Waals surface area contributed by atoms with Crippen molar-refractivity contribution in [2.45, 2.75) is 32.8 Å². The number of carbonyl (C=O) groups is 2. The zero-order valence-electron chi connectivity index (χ0n) is 17.1. The van der Waals surface area contributed by atoms with Crippen LogP contribution in [0.4, 0.5) is 0 Å². The molecule has 5 nitrogen and oxygen atoms in total. The lowest BCUT2D eigenvalue weighted by molar-refractivity contribution is -0.148. The SMILES string of the molecule is COc1ccc(CCNC(=O)c2cc(Br)cc(/C=C/C(=O)OC(C)(C)C)c2)cc1. The third kappa shape index (κ3) is 8.11. The standard InChI is InChI=1S/C23H26BrNO4/c1-23(2,3)29-21(26)10-7-17-13-18(15-19(24)14-17)22(27)25-12-11-16-5-8-20(28-4)9-6-16/h5-10,13-15H,11-12H2,1-4H3,(H,25,27)/b10-7+. The highest BCUT2D eigenvalue weighted by Crippen LogP contribution is 2.18. The van der Waals surface area contributed by atoms with E-state index in [-0.39, 0.29) is 5.91 Å². The molecule has 0 aliphatic rings. The highest BCUT2D eigenvalue weighted by molar-refractivity contribution is 9.10. The summed E-state index contributed by atoms with van der Waals surface area (Å²) in [6.45, 7) is 5.95. The van der Waals surface area contributed by atoms with Crippen molar-refractivity contribution in [1.29, 1.82) is 0 Å². The monoisotopic (exact) mass is 459 g/mol. The van der Waals surface area contributed by atoms with E-state index in [1.807, 2.05) is 51.1 Å². The largest absolute Gasteiger partial charge is 0.497 e. The Kier molecular flexibility index (Phi) is 8.02. The Hall–Kier alpha value is -2.60. The van der Waals surface area contributed by atoms with Crippen LogP contribution in [0.3, 0.4) is 0 Å². The van der Waals surface area contributed by atoms with Crippen LogP contribution in [0.25, 0.3) is 6.08 Å². The van der Waals surface area contributed by atoms with Crippen molar-refractivity contribution in [2.24, 2.45) is 0 Å². The molecule has 6 heteroatoms. The van der Waals surface area contributed by atoms with Crippen LogP contribution < -0.4 is 10.1 Å². The van der Waals surface area contributed by atoms with E-state index < -0.39 is 11.6 Å². The molecule has 2 rings (SSSR count). The van der Waals surface area contributed by atoms with E-state index in [2.05, 4.69) is 21.2 Å². The maximum absolute atomic E-state index is 12.5. The number of rotatable bonds is 7. The summed E-state index contributed by atoms with van der Waals surface area (Å²) in [5, 5.41) is 2.92. The normalized spacial score (nSPS) is 11.3. The molecule has 2 aromatic carbocycles. The lowest BCUT2D eigenvalue weighted by Gasteiger charge is -2.17. The van der Waals surface area contributed by atoms with E-state index in [1.165, 1.54) is 6.08 Å². The minimum Gasteiger partial charge on any atom is -0.497 e. The molecule has 0 unspecified atom stereocenters. The van der Waals surface area contributed by atoms with Gasteiger partial charge in [-0.2, -0.15) is 0 Å². The predicted octanol–water partition coefficient (Wildman–Crippen LogP) is 4.79. The van der Waals surface area contributed by atoms with Crippen LogP contribution in [0.2, 0.25) is 0 Å². The summed E-state index contributed by atoms with van der Waals surface area (Å²) in [4.78, 5) is 24.3. The summed E-state index contributed by atoms with van der Waals surface area (Å²) in [7, 11) is 1.63. The molecule has 0 heterocycles. The molecule has 0 spiro atoms. The van der Waals surface area contributed by atoms with Gasteiger partial charge in [0.1, 0.15) is 11.4 Å². The fourth-order valence-corrected chi connectivity index (χ4v) is 3.07. The smallest absolute Gasteiger partial charge is 0.331 e. The Morgan fingerprint density at radius 2 is 1.79 bits per heavy atom. The zero-order valence-corrected chi connectivity index (χ0v) is 18.7. The summed E-state index contributed by atoms with van der Waals surface area (Å²) < 4.78 is 11.1. The number of benzene rings is 2. The van der Waals surface area contributed by atoms with Crippen molar-refractivity contribution < 1.29 is 19.1 Å². The van der Waals surface area contributed by atoms with Gasteiger partial charge in [0.25, 0.3) is 5.91 Å². The second-order valence-corrected chi connectivity index (χ2v) is 8.41. The molecule has 0 aliphatic carbocycles. The Morgan fingerprint density at radius 1 is 1.10 bits per heavy atom. The van der Waals surface area contributed by atoms with Crippen LogP contribution in [0.15, 0.2) is 53.0 Å². The first-order valence-electron chi connectivity index (χ1n) is 9.29. The van der Waals surface area contributed by atoms with Crippen molar-refractivity contribution in [3.05, 3.63) is 69.7 Å². The zero-order chi connectivity index (χ0) is 21.4. The number of amides is 1. The first-order valence-corrected chi connectivity index (χ1v) is 10.1. The number of esters is 1. The van der Waals surface area contributed by atoms with Crippen molar-refractivity contribution >= 4 is 33.9 Å². The Bertz CT molecular complexity index is 883. The van der Waals surface area contributed by atoms with Crippen LogP contribution in [0.5, 0.6) is 5.75 Å². The van der Waals surface area contributed by atoms with Crippen molar-refractivity contribution in [3.63, 3.8) is 0 Å². The minimum absolute atomic E-state index is 0.174. The average molecular weight is 460 g/mol. The van der Waals surface area contributed by atoms with E-state index in [0.29, 0.717) is 12.1 Å². The van der Waals surface area contributed by atoms with Gasteiger partial charge in [-0.3, -0.25) is 4.79 Å². The summed E-state index contributed by atoms with van der Waals surface area (Å²) in [6, 6.07) is 13.0. The van der Waals surface area contributed by atoms with E-state index in [9.17, 15) is 9.59 Å². The number of ether oxygens (including phenoxy) is 2. The van der Waals surface area contributed by atoms with E-state index in [1.54, 1.807) is 25.3 Å². The Balaban J connectivity index is 1.96. The van der Waals surface area contributed by atoms with Crippen molar-refractivity contribution in [3.8, 4) is 5.75 Å². The van der Waals surface area contributed by atoms with Gasteiger partial charge in [0.05, 0.1) is 7.11 Å². The fraction of sp³-hybridized carbons (Fsp3) is 0.304. The van der Waals surface area contributed by atoms with Crippen LogP contribution in [-0.2, 0) is 16.0 Å². The molecule has 2 aromatic rings. The van der Waals surface area contributed by atoms with Crippen molar-refractivity contribution in [2.75, 3.05) is 13.7 Å². The molecule has 0 saturated carbocycles. The summed E-state index contributed by atoms with van der Waals surface area (Å²) in [6.07, 6.45) is 3.71. The maximum atomic E-state index is 12.5. The van der Waals surface area contributed by atoms with E-state index in [4.69, 9.17) is 9.47 Å². The number of halogens is 1. The van der Waals surface area contributed by atoms with Gasteiger partial charge in [-0.1, -0.05) is 28.1 Å². The molecule has 0 radical (unpaired) electrons. The first kappa shape index (κ1) is 22.7. The quantitative estimate of drug-likeness (QED) is 0.477. The molecular weight excluding hydrogens is 434 g/mol. The van der Waals surface area contributed by atoms with Crippen LogP contribution in [-0.4, -0.2) is 31.1 Å². The van der Waals surface area contributed by atoms with Crippen LogP contribution >= 0.6 is 15.9 Å². The van der Waals surface area contributed by atoms with Gasteiger partial charge in [-0.15, -0.1) is 0 Å². The number of methoxy groups -OCH3 is 1. The first-order chi connectivity index (χ1) is 13.7. The van der Waals surface area contributed by atoms with E-state index in [0.717, 1.165) is 27.8 Å². The minimum atomic E-state index is -0.548. The average Bonchev–Trinajstić information content (AvgIpc) is 2.65. The van der Waals surface area contributed by atoms with Crippen LogP contribution in [0, 0.1) is 0 Å². The second kappa shape index (κ2) is 10.3. The molecule has 1 N–H and O–H groups in total. The highest BCUT2D eigenvalue weighted by atomic mass is 79.9. The molecule has 0 atom stereocenters. The van der Waals surface area contributed by atoms with E-state index >= 15 is 0 Å². The van der Waals surface area contributed by atoms with Gasteiger partial charge in [-0.25, -0.2) is 4.79 Å². The number of hydrogen-bond acceptors (Lipinski definition) is 4. The van der Waals surface area contributed by atoms with Gasteiger partial charge >= 0.3 is 5.97 Å². The summed E-state index contributed by atoms with van der Waals surface area (Å²) in [5.74, 6) is 0.202. The number of hydrogen-bond donors (Lipinski definition) is 1. The van der Waals surface area contributed by atoms with Gasteiger partial charge in [0.15, 0.2) is 0 Å².